The molecule has 3 heterocycles. The van der Waals surface area contributed by atoms with Gasteiger partial charge < -0.3 is 20.2 Å². The van der Waals surface area contributed by atoms with E-state index in [1.54, 1.807) is 18.6 Å². The number of aryl methyl sites for hydroxylation is 1. The number of carbonyl (C=O) groups is 1. The van der Waals surface area contributed by atoms with Crippen LogP contribution in [0.4, 0.5) is 5.69 Å². The normalized spacial score (nSPS) is 18.5. The first kappa shape index (κ1) is 19.4. The second kappa shape index (κ2) is 8.60. The third-order valence-corrected chi connectivity index (χ3v) is 5.07. The van der Waals surface area contributed by atoms with E-state index in [1.807, 2.05) is 48.1 Å². The number of hydrogen-bond donors (Lipinski definition) is 3. The van der Waals surface area contributed by atoms with E-state index in [-0.39, 0.29) is 11.8 Å². The molecular weight excluding hydrogens is 380 g/mol. The van der Waals surface area contributed by atoms with Crippen LogP contribution in [0.25, 0.3) is 5.65 Å². The average Bonchev–Trinajstić information content (AvgIpc) is 3.33. The Labute approximate surface area is 173 Å². The quantitative estimate of drug-likeness (QED) is 0.452. The van der Waals surface area contributed by atoms with Crippen LogP contribution < -0.4 is 10.6 Å². The summed E-state index contributed by atoms with van der Waals surface area (Å²) in [7, 11) is 1.90. The van der Waals surface area contributed by atoms with Gasteiger partial charge in [0.1, 0.15) is 0 Å². The van der Waals surface area contributed by atoms with Crippen molar-refractivity contribution in [3.05, 3.63) is 84.2 Å². The van der Waals surface area contributed by atoms with Gasteiger partial charge >= 0.3 is 0 Å². The van der Waals surface area contributed by atoms with Crippen molar-refractivity contribution < 1.29 is 10.0 Å². The van der Waals surface area contributed by atoms with E-state index in [4.69, 9.17) is 5.21 Å². The largest absolute Gasteiger partial charge is 0.411 e. The number of oxime groups is 1. The lowest BCUT2D eigenvalue weighted by molar-refractivity contribution is -0.115. The van der Waals surface area contributed by atoms with E-state index >= 15 is 0 Å². The molecule has 8 nitrogen and oxygen atoms in total. The van der Waals surface area contributed by atoms with E-state index in [9.17, 15) is 4.79 Å². The highest BCUT2D eigenvalue weighted by atomic mass is 16.4. The van der Waals surface area contributed by atoms with Crippen molar-refractivity contribution in [3.8, 4) is 0 Å². The Balaban J connectivity index is 0.000000151. The van der Waals surface area contributed by atoms with Gasteiger partial charge in [0.25, 0.3) is 0 Å². The van der Waals surface area contributed by atoms with Gasteiger partial charge in [0.2, 0.25) is 5.91 Å². The Bertz CT molecular complexity index is 1130. The van der Waals surface area contributed by atoms with Crippen molar-refractivity contribution in [1.29, 1.82) is 0 Å². The van der Waals surface area contributed by atoms with Crippen LogP contribution >= 0.6 is 0 Å². The second-order valence-corrected chi connectivity index (χ2v) is 6.93. The predicted molar refractivity (Wildman–Crippen MR) is 115 cm³/mol. The molecule has 1 aromatic carbocycles. The van der Waals surface area contributed by atoms with Crippen molar-refractivity contribution in [2.75, 3.05) is 12.4 Å². The number of nitrogens with one attached hydrogen (secondary N) is 2. The summed E-state index contributed by atoms with van der Waals surface area (Å²) in [6, 6.07) is 6.10. The number of carbonyl (C=O) groups excluding carboxylic acids is 1. The molecule has 2 aliphatic rings. The number of allylic oxidation sites excluding steroid dienone is 2. The van der Waals surface area contributed by atoms with Gasteiger partial charge in [-0.25, -0.2) is 4.98 Å². The fourth-order valence-corrected chi connectivity index (χ4v) is 3.49. The van der Waals surface area contributed by atoms with Crippen LogP contribution in [0.5, 0.6) is 0 Å². The molecule has 0 fully saturated rings. The molecule has 5 rings (SSSR count). The van der Waals surface area contributed by atoms with Crippen molar-refractivity contribution >= 4 is 23.0 Å². The maximum absolute atomic E-state index is 11.1. The Morgan fingerprint density at radius 1 is 1.30 bits per heavy atom. The Kier molecular flexibility index (Phi) is 5.56. The molecule has 2 aromatic heterocycles. The standard InChI is InChI=1S/C12H10N4O.C10H12N2O/c17-12-2-1-9(3-4-14-12)10-8-16-6-5-13-7-11(16)15-10;1-11-8-3-4-9-7(6-8)2-5-10(9)12-13/h1-9H,(H,14,17);3-4,6,11,13H,2,5H2,1H3/b;12-10+. The molecule has 0 radical (unpaired) electrons. The lowest BCUT2D eigenvalue weighted by atomic mass is 10.1. The van der Waals surface area contributed by atoms with Gasteiger partial charge in [-0.15, -0.1) is 0 Å². The zero-order chi connectivity index (χ0) is 20.9. The minimum absolute atomic E-state index is 0.00819. The lowest BCUT2D eigenvalue weighted by Crippen LogP contribution is -2.11. The predicted octanol–water partition coefficient (Wildman–Crippen LogP) is 2.87. The number of benzene rings is 1. The molecule has 152 valence electrons. The maximum Gasteiger partial charge on any atom is 0.247 e. The zero-order valence-corrected chi connectivity index (χ0v) is 16.5. The van der Waals surface area contributed by atoms with Crippen LogP contribution in [0.3, 0.4) is 0 Å². The molecule has 3 N–H and O–H groups in total. The second-order valence-electron chi connectivity index (χ2n) is 6.93. The molecule has 3 aromatic rings. The summed E-state index contributed by atoms with van der Waals surface area (Å²) in [5.74, 6) is -0.108. The number of fused-ring (bicyclic) bond motifs is 2. The monoisotopic (exact) mass is 402 g/mol. The third-order valence-electron chi connectivity index (χ3n) is 5.07. The number of nitrogens with zero attached hydrogens (tertiary/aromatic N) is 4. The summed E-state index contributed by atoms with van der Waals surface area (Å²) in [5.41, 5.74) is 5.95. The summed E-state index contributed by atoms with van der Waals surface area (Å²) in [5, 5.41) is 17.7. The molecule has 1 amide bonds. The fourth-order valence-electron chi connectivity index (χ4n) is 3.49. The summed E-state index contributed by atoms with van der Waals surface area (Å²) in [6.07, 6.45) is 15.9. The van der Waals surface area contributed by atoms with Crippen LogP contribution in [0.1, 0.15) is 29.2 Å². The fraction of sp³-hybridized carbons (Fsp3) is 0.182. The summed E-state index contributed by atoms with van der Waals surface area (Å²) < 4.78 is 1.91. The Hall–Kier alpha value is -3.94. The van der Waals surface area contributed by atoms with Crippen molar-refractivity contribution in [2.24, 2.45) is 5.16 Å². The number of anilines is 1. The van der Waals surface area contributed by atoms with Gasteiger partial charge in [0.15, 0.2) is 5.65 Å². The van der Waals surface area contributed by atoms with Gasteiger partial charge in [0, 0.05) is 55.1 Å². The maximum atomic E-state index is 11.1. The first-order chi connectivity index (χ1) is 14.7. The van der Waals surface area contributed by atoms with E-state index in [1.165, 1.54) is 11.6 Å². The van der Waals surface area contributed by atoms with Gasteiger partial charge in [-0.05, 0) is 30.5 Å². The molecular formula is C22H22N6O2. The summed E-state index contributed by atoms with van der Waals surface area (Å²) in [4.78, 5) is 19.6. The van der Waals surface area contributed by atoms with Gasteiger partial charge in [-0.1, -0.05) is 23.4 Å². The van der Waals surface area contributed by atoms with E-state index in [0.717, 1.165) is 41.1 Å². The Morgan fingerprint density at radius 3 is 3.00 bits per heavy atom. The van der Waals surface area contributed by atoms with E-state index < -0.39 is 0 Å². The third kappa shape index (κ3) is 4.07. The first-order valence-corrected chi connectivity index (χ1v) is 9.64. The van der Waals surface area contributed by atoms with Crippen LogP contribution in [-0.2, 0) is 11.2 Å². The summed E-state index contributed by atoms with van der Waals surface area (Å²) in [6.45, 7) is 0. The van der Waals surface area contributed by atoms with Crippen LogP contribution in [0.15, 0.2) is 72.6 Å². The van der Waals surface area contributed by atoms with Gasteiger partial charge in [-0.2, -0.15) is 0 Å². The molecule has 0 saturated heterocycles. The Morgan fingerprint density at radius 2 is 2.20 bits per heavy atom. The molecule has 0 bridgehead atoms. The van der Waals surface area contributed by atoms with Crippen LogP contribution in [0, 0.1) is 0 Å². The molecule has 0 spiro atoms. The number of aromatic nitrogens is 3. The first-order valence-electron chi connectivity index (χ1n) is 9.64. The van der Waals surface area contributed by atoms with Gasteiger partial charge in [-0.3, -0.25) is 9.78 Å². The minimum Gasteiger partial charge on any atom is -0.411 e. The lowest BCUT2D eigenvalue weighted by Gasteiger charge is -2.02. The minimum atomic E-state index is -0.116. The number of amides is 1. The van der Waals surface area contributed by atoms with Crippen molar-refractivity contribution in [1.82, 2.24) is 19.7 Å². The van der Waals surface area contributed by atoms with Crippen molar-refractivity contribution in [3.63, 3.8) is 0 Å². The number of hydrogen-bond acceptors (Lipinski definition) is 6. The number of rotatable bonds is 2. The van der Waals surface area contributed by atoms with Crippen LogP contribution in [0.2, 0.25) is 0 Å². The van der Waals surface area contributed by atoms with Crippen molar-refractivity contribution in [2.45, 2.75) is 18.8 Å². The van der Waals surface area contributed by atoms with Gasteiger partial charge in [0.05, 0.1) is 17.6 Å². The SMILES string of the molecule is CNc1ccc2c(c1)CC/C2=N\O.O=C1C=CC(c2cn3ccncc3n2)C=CN1. The molecule has 1 atom stereocenters. The smallest absolute Gasteiger partial charge is 0.247 e. The van der Waals surface area contributed by atoms with Crippen LogP contribution in [-0.4, -0.2) is 38.2 Å². The molecule has 1 aliphatic carbocycles. The highest BCUT2D eigenvalue weighted by molar-refractivity contribution is 6.04. The molecule has 0 saturated carbocycles. The average molecular weight is 402 g/mol. The summed E-state index contributed by atoms with van der Waals surface area (Å²) >= 11 is 0. The highest BCUT2D eigenvalue weighted by Crippen LogP contribution is 2.25. The molecule has 1 unspecified atom stereocenters. The topological polar surface area (TPSA) is 104 Å². The zero-order valence-electron chi connectivity index (χ0n) is 16.5. The molecule has 1 aliphatic heterocycles. The van der Waals surface area contributed by atoms with E-state index in [2.05, 4.69) is 31.8 Å². The molecule has 30 heavy (non-hydrogen) atoms. The number of imidazole rings is 1. The van der Waals surface area contributed by atoms with E-state index in [0.29, 0.717) is 0 Å². The molecule has 8 heteroatoms. The highest BCUT2D eigenvalue weighted by Gasteiger charge is 2.17.